The molecule has 2 aromatic heterocycles. The Morgan fingerprint density at radius 3 is 2.56 bits per heavy atom. The Labute approximate surface area is 167 Å². The molecule has 0 radical (unpaired) electrons. The number of carbonyl (C=O) groups excluding carboxylic acids is 2. The van der Waals surface area contributed by atoms with Crippen LogP contribution in [0.15, 0.2) is 39.9 Å². The minimum atomic E-state index is -0.447. The molecule has 1 aliphatic rings. The number of fused-ring (bicyclic) bond motifs is 1. The Balaban J connectivity index is 1.82. The highest BCUT2D eigenvalue weighted by atomic mass is 35.5. The van der Waals surface area contributed by atoms with Crippen molar-refractivity contribution in [1.29, 1.82) is 0 Å². The third-order valence-corrected chi connectivity index (χ3v) is 5.24. The first-order valence-electron chi connectivity index (χ1n) is 7.62. The Bertz CT molecular complexity index is 1120. The van der Waals surface area contributed by atoms with Crippen LogP contribution in [0.3, 0.4) is 0 Å². The summed E-state index contributed by atoms with van der Waals surface area (Å²) >= 11 is 13.3. The Morgan fingerprint density at radius 2 is 1.93 bits per heavy atom. The fourth-order valence-electron chi connectivity index (χ4n) is 2.72. The highest BCUT2D eigenvalue weighted by molar-refractivity contribution is 8.18. The van der Waals surface area contributed by atoms with E-state index in [0.717, 1.165) is 17.1 Å². The number of nitrogens with one attached hydrogen (secondary N) is 1. The van der Waals surface area contributed by atoms with Crippen LogP contribution in [-0.4, -0.2) is 23.2 Å². The van der Waals surface area contributed by atoms with Crippen molar-refractivity contribution in [2.45, 2.75) is 0 Å². The number of nitrogens with zero attached hydrogens (tertiary/aromatic N) is 1. The molecule has 2 amide bonds. The molecule has 1 N–H and O–H groups in total. The lowest BCUT2D eigenvalue weighted by Crippen LogP contribution is -2.17. The van der Waals surface area contributed by atoms with Crippen LogP contribution in [0.2, 0.25) is 10.0 Å². The van der Waals surface area contributed by atoms with Crippen molar-refractivity contribution in [3.63, 3.8) is 0 Å². The van der Waals surface area contributed by atoms with Crippen molar-refractivity contribution < 1.29 is 18.7 Å². The molecule has 4 rings (SSSR count). The van der Waals surface area contributed by atoms with E-state index in [1.54, 1.807) is 30.6 Å². The fourth-order valence-corrected chi connectivity index (χ4v) is 4.02. The van der Waals surface area contributed by atoms with Crippen LogP contribution >= 0.6 is 35.0 Å². The van der Waals surface area contributed by atoms with Crippen molar-refractivity contribution in [3.05, 3.63) is 51.3 Å². The van der Waals surface area contributed by atoms with Gasteiger partial charge in [0, 0.05) is 29.4 Å². The lowest BCUT2D eigenvalue weighted by atomic mass is 10.1. The molecule has 1 aromatic carbocycles. The van der Waals surface area contributed by atoms with Crippen molar-refractivity contribution >= 4 is 63.2 Å². The number of amides is 2. The summed E-state index contributed by atoms with van der Waals surface area (Å²) < 4.78 is 11.1. The van der Waals surface area contributed by atoms with E-state index in [-0.39, 0.29) is 4.91 Å². The number of aromatic nitrogens is 1. The molecule has 0 aliphatic carbocycles. The number of hydrogen-bond acceptors (Lipinski definition) is 6. The number of rotatable bonds is 3. The first-order valence-corrected chi connectivity index (χ1v) is 9.19. The summed E-state index contributed by atoms with van der Waals surface area (Å²) in [5, 5.41) is 3.26. The van der Waals surface area contributed by atoms with Crippen molar-refractivity contribution in [1.82, 2.24) is 10.3 Å². The number of imide groups is 1. The number of furan rings is 1. The number of ether oxygens (including phenoxy) is 1. The highest BCUT2D eigenvalue weighted by Gasteiger charge is 2.25. The van der Waals surface area contributed by atoms with E-state index in [9.17, 15) is 9.59 Å². The smallest absolute Gasteiger partial charge is 0.290 e. The zero-order valence-electron chi connectivity index (χ0n) is 13.7. The summed E-state index contributed by atoms with van der Waals surface area (Å²) in [4.78, 5) is 27.5. The van der Waals surface area contributed by atoms with Crippen molar-refractivity contribution in [2.24, 2.45) is 0 Å². The largest absolute Gasteiger partial charge is 0.494 e. The molecule has 0 unspecified atom stereocenters. The third kappa shape index (κ3) is 3.29. The summed E-state index contributed by atoms with van der Waals surface area (Å²) in [6, 6.07) is 5.16. The third-order valence-electron chi connectivity index (χ3n) is 3.87. The lowest BCUT2D eigenvalue weighted by molar-refractivity contribution is -0.115. The van der Waals surface area contributed by atoms with Gasteiger partial charge >= 0.3 is 0 Å². The predicted molar refractivity (Wildman–Crippen MR) is 105 cm³/mol. The fraction of sp³-hybridized carbons (Fsp3) is 0.0556. The minimum Gasteiger partial charge on any atom is -0.494 e. The van der Waals surface area contributed by atoms with Gasteiger partial charge in [-0.05, 0) is 35.5 Å². The van der Waals surface area contributed by atoms with E-state index in [4.69, 9.17) is 32.4 Å². The van der Waals surface area contributed by atoms with Crippen LogP contribution in [0.5, 0.6) is 5.75 Å². The maximum atomic E-state index is 11.7. The molecule has 1 aliphatic heterocycles. The highest BCUT2D eigenvalue weighted by Crippen LogP contribution is 2.39. The van der Waals surface area contributed by atoms with Crippen LogP contribution in [0.25, 0.3) is 28.2 Å². The Kier molecular flexibility index (Phi) is 4.59. The molecule has 136 valence electrons. The monoisotopic (exact) mass is 420 g/mol. The molecular weight excluding hydrogens is 411 g/mol. The number of pyridine rings is 1. The van der Waals surface area contributed by atoms with Crippen molar-refractivity contribution in [3.8, 4) is 16.9 Å². The van der Waals surface area contributed by atoms with Crippen LogP contribution in [0, 0.1) is 0 Å². The van der Waals surface area contributed by atoms with Crippen LogP contribution in [0.4, 0.5) is 4.79 Å². The van der Waals surface area contributed by atoms with Crippen LogP contribution < -0.4 is 10.1 Å². The van der Waals surface area contributed by atoms with E-state index in [2.05, 4.69) is 10.3 Å². The van der Waals surface area contributed by atoms with E-state index in [1.807, 2.05) is 0 Å². The Hall–Kier alpha value is -2.48. The Morgan fingerprint density at radius 1 is 1.19 bits per heavy atom. The summed E-state index contributed by atoms with van der Waals surface area (Å²) in [5.74, 6) is 0.371. The van der Waals surface area contributed by atoms with Gasteiger partial charge < -0.3 is 9.15 Å². The molecule has 3 aromatic rings. The molecule has 6 nitrogen and oxygen atoms in total. The molecule has 1 fully saturated rings. The zero-order valence-corrected chi connectivity index (χ0v) is 16.0. The number of benzene rings is 1. The zero-order chi connectivity index (χ0) is 19.1. The van der Waals surface area contributed by atoms with Gasteiger partial charge in [-0.15, -0.1) is 0 Å². The van der Waals surface area contributed by atoms with Gasteiger partial charge in [0.05, 0.1) is 22.1 Å². The molecule has 3 heterocycles. The summed E-state index contributed by atoms with van der Waals surface area (Å²) in [6.45, 7) is 0. The second kappa shape index (κ2) is 6.92. The molecule has 0 saturated carbocycles. The minimum absolute atomic E-state index is 0.268. The number of hydrogen-bond donors (Lipinski definition) is 1. The van der Waals surface area contributed by atoms with E-state index < -0.39 is 11.1 Å². The van der Waals surface area contributed by atoms with E-state index in [0.29, 0.717) is 38.3 Å². The van der Waals surface area contributed by atoms with Gasteiger partial charge in [0.1, 0.15) is 11.3 Å². The van der Waals surface area contributed by atoms with Crippen LogP contribution in [-0.2, 0) is 4.79 Å². The van der Waals surface area contributed by atoms with Gasteiger partial charge in [0.15, 0.2) is 5.75 Å². The summed E-state index contributed by atoms with van der Waals surface area (Å²) in [5.41, 5.74) is 1.95. The number of thioether (sulfide) groups is 1. The maximum absolute atomic E-state index is 11.7. The lowest BCUT2D eigenvalue weighted by Gasteiger charge is -2.09. The molecule has 27 heavy (non-hydrogen) atoms. The number of halogens is 2. The second-order valence-electron chi connectivity index (χ2n) is 5.58. The summed E-state index contributed by atoms with van der Waals surface area (Å²) in [7, 11) is 1.49. The van der Waals surface area contributed by atoms with Gasteiger partial charge in [-0.3, -0.25) is 19.9 Å². The number of methoxy groups -OCH3 is 1. The topological polar surface area (TPSA) is 81.4 Å². The summed E-state index contributed by atoms with van der Waals surface area (Å²) in [6.07, 6.45) is 4.80. The van der Waals surface area contributed by atoms with Gasteiger partial charge in [0.25, 0.3) is 11.1 Å². The van der Waals surface area contributed by atoms with Crippen molar-refractivity contribution in [2.75, 3.05) is 7.11 Å². The molecular formula is C18H10Cl2N2O4S. The quantitative estimate of drug-likeness (QED) is 0.591. The van der Waals surface area contributed by atoms with E-state index >= 15 is 0 Å². The molecule has 0 atom stereocenters. The SMILES string of the molecule is COc1c(Cl)cc(-c2cncc3cc(C=C4SC(=O)NC4=O)oc23)cc1Cl. The molecule has 0 bridgehead atoms. The standard InChI is InChI=1S/C18H10Cl2N2O4S/c1-25-16-12(19)3-8(4-13(16)20)11-7-21-6-9-2-10(26-15(9)11)5-14-17(23)22-18(24)27-14/h2-7H,1H3,(H,22,23,24). The number of carbonyl (C=O) groups is 2. The van der Waals surface area contributed by atoms with Crippen LogP contribution in [0.1, 0.15) is 5.76 Å². The molecule has 0 spiro atoms. The van der Waals surface area contributed by atoms with E-state index in [1.165, 1.54) is 13.2 Å². The first-order chi connectivity index (χ1) is 13.0. The average molecular weight is 421 g/mol. The van der Waals surface area contributed by atoms with Gasteiger partial charge in [0.2, 0.25) is 0 Å². The normalized spacial score (nSPS) is 15.6. The molecule has 1 saturated heterocycles. The van der Waals surface area contributed by atoms with Gasteiger partial charge in [-0.2, -0.15) is 0 Å². The molecule has 9 heteroatoms. The van der Waals surface area contributed by atoms with Gasteiger partial charge in [-0.1, -0.05) is 23.2 Å². The van der Waals surface area contributed by atoms with Gasteiger partial charge in [-0.25, -0.2) is 0 Å². The second-order valence-corrected chi connectivity index (χ2v) is 7.41. The maximum Gasteiger partial charge on any atom is 0.290 e. The predicted octanol–water partition coefficient (Wildman–Crippen LogP) is 5.13. The first kappa shape index (κ1) is 17.9. The average Bonchev–Trinajstić information content (AvgIpc) is 3.16.